The number of benzene rings is 1. The lowest BCUT2D eigenvalue weighted by Gasteiger charge is -2.31. The smallest absolute Gasteiger partial charge is 0.317 e. The number of urea groups is 1. The predicted molar refractivity (Wildman–Crippen MR) is 105 cm³/mol. The van der Waals surface area contributed by atoms with E-state index in [0.717, 1.165) is 51.0 Å². The minimum absolute atomic E-state index is 0.0229. The van der Waals surface area contributed by atoms with Crippen molar-refractivity contribution in [3.05, 3.63) is 35.9 Å². The zero-order chi connectivity index (χ0) is 18.9. The van der Waals surface area contributed by atoms with Crippen molar-refractivity contribution in [3.8, 4) is 0 Å². The summed E-state index contributed by atoms with van der Waals surface area (Å²) in [5.74, 6) is 0. The molecule has 1 aliphatic rings. The molecule has 2 amide bonds. The van der Waals surface area contributed by atoms with E-state index in [1.807, 2.05) is 39.3 Å². The first-order valence-electron chi connectivity index (χ1n) is 9.58. The number of piperidine rings is 1. The molecule has 146 valence electrons. The van der Waals surface area contributed by atoms with Crippen molar-refractivity contribution in [2.45, 2.75) is 31.4 Å². The Morgan fingerprint density at radius 2 is 1.88 bits per heavy atom. The summed E-state index contributed by atoms with van der Waals surface area (Å²) in [5.41, 5.74) is 1.14. The maximum absolute atomic E-state index is 12.6. The number of aliphatic hydroxyl groups is 1. The minimum atomic E-state index is -0.133. The standard InChI is InChI=1S/C20H34N4O2/c1-22(2)16-19(17-8-5-4-6-9-17)23(3)20(26)21-12-7-13-24-14-10-18(25)11-15-24/h4-6,8-9,18-19,25H,7,10-16H2,1-3H3,(H,21,26)/t19-/m0/s1. The van der Waals surface area contributed by atoms with Crippen LogP contribution in [0.15, 0.2) is 30.3 Å². The molecule has 1 saturated heterocycles. The van der Waals surface area contributed by atoms with Crippen LogP contribution in [0.3, 0.4) is 0 Å². The van der Waals surface area contributed by atoms with Crippen LogP contribution in [0.2, 0.25) is 0 Å². The molecule has 0 saturated carbocycles. The Hall–Kier alpha value is -1.63. The van der Waals surface area contributed by atoms with Gasteiger partial charge in [0.25, 0.3) is 0 Å². The Bertz CT molecular complexity index is 530. The highest BCUT2D eigenvalue weighted by Gasteiger charge is 2.22. The lowest BCUT2D eigenvalue weighted by Crippen LogP contribution is -2.43. The normalized spacial score (nSPS) is 17.3. The monoisotopic (exact) mass is 362 g/mol. The number of hydrogen-bond donors (Lipinski definition) is 2. The molecule has 1 aromatic carbocycles. The third-order valence-corrected chi connectivity index (χ3v) is 4.99. The van der Waals surface area contributed by atoms with Crippen molar-refractivity contribution in [1.29, 1.82) is 0 Å². The van der Waals surface area contributed by atoms with E-state index in [9.17, 15) is 9.90 Å². The van der Waals surface area contributed by atoms with E-state index in [0.29, 0.717) is 6.54 Å². The summed E-state index contributed by atoms with van der Waals surface area (Å²) in [4.78, 5) is 18.8. The van der Waals surface area contributed by atoms with Crippen molar-refractivity contribution >= 4 is 6.03 Å². The third-order valence-electron chi connectivity index (χ3n) is 4.99. The molecular formula is C20H34N4O2. The van der Waals surface area contributed by atoms with Crippen LogP contribution in [0.4, 0.5) is 4.79 Å². The van der Waals surface area contributed by atoms with Crippen LogP contribution in [0, 0.1) is 0 Å². The van der Waals surface area contributed by atoms with Crippen LogP contribution in [-0.4, -0.2) is 85.8 Å². The van der Waals surface area contributed by atoms with Crippen molar-refractivity contribution in [1.82, 2.24) is 20.0 Å². The van der Waals surface area contributed by atoms with Crippen LogP contribution >= 0.6 is 0 Å². The number of nitrogens with zero attached hydrogens (tertiary/aromatic N) is 3. The average Bonchev–Trinajstić information content (AvgIpc) is 2.64. The molecule has 26 heavy (non-hydrogen) atoms. The van der Waals surface area contributed by atoms with E-state index < -0.39 is 0 Å². The molecule has 1 aromatic rings. The highest BCUT2D eigenvalue weighted by atomic mass is 16.3. The van der Waals surface area contributed by atoms with Crippen LogP contribution < -0.4 is 5.32 Å². The molecular weight excluding hydrogens is 328 g/mol. The molecule has 0 aromatic heterocycles. The second kappa shape index (κ2) is 10.5. The SMILES string of the molecule is CN(C)C[C@@H](c1ccccc1)N(C)C(=O)NCCCN1CCC(O)CC1. The average molecular weight is 363 g/mol. The maximum Gasteiger partial charge on any atom is 0.317 e. The van der Waals surface area contributed by atoms with E-state index in [-0.39, 0.29) is 18.2 Å². The summed E-state index contributed by atoms with van der Waals surface area (Å²) < 4.78 is 0. The molecule has 0 unspecified atom stereocenters. The predicted octanol–water partition coefficient (Wildman–Crippen LogP) is 1.78. The first-order valence-corrected chi connectivity index (χ1v) is 9.58. The first-order chi connectivity index (χ1) is 12.5. The van der Waals surface area contributed by atoms with Gasteiger partial charge in [-0.25, -0.2) is 4.79 Å². The van der Waals surface area contributed by atoms with Gasteiger partial charge in [-0.15, -0.1) is 0 Å². The van der Waals surface area contributed by atoms with Crippen molar-refractivity contribution in [2.24, 2.45) is 0 Å². The molecule has 0 spiro atoms. The number of nitrogens with one attached hydrogen (secondary N) is 1. The number of amides is 2. The summed E-state index contributed by atoms with van der Waals surface area (Å²) in [6, 6.07) is 10.2. The number of carbonyl (C=O) groups excluding carboxylic acids is 1. The highest BCUT2D eigenvalue weighted by molar-refractivity contribution is 5.74. The Kier molecular flexibility index (Phi) is 8.35. The van der Waals surface area contributed by atoms with E-state index in [4.69, 9.17) is 0 Å². The third kappa shape index (κ3) is 6.59. The Labute approximate surface area is 157 Å². The van der Waals surface area contributed by atoms with E-state index in [1.54, 1.807) is 4.90 Å². The van der Waals surface area contributed by atoms with Crippen molar-refractivity contribution < 1.29 is 9.90 Å². The Morgan fingerprint density at radius 3 is 2.50 bits per heavy atom. The number of aliphatic hydroxyl groups excluding tert-OH is 1. The molecule has 1 atom stereocenters. The Balaban J connectivity index is 1.78. The Morgan fingerprint density at radius 1 is 1.23 bits per heavy atom. The summed E-state index contributed by atoms with van der Waals surface area (Å²) in [6.45, 7) is 4.33. The van der Waals surface area contributed by atoms with Crippen LogP contribution in [-0.2, 0) is 0 Å². The minimum Gasteiger partial charge on any atom is -0.393 e. The number of likely N-dealkylation sites (tertiary alicyclic amines) is 1. The molecule has 0 bridgehead atoms. The van der Waals surface area contributed by atoms with Crippen molar-refractivity contribution in [2.75, 3.05) is 53.9 Å². The number of rotatable bonds is 8. The molecule has 2 rings (SSSR count). The first kappa shape index (κ1) is 20.7. The number of likely N-dealkylation sites (N-methyl/N-ethyl adjacent to an activating group) is 2. The topological polar surface area (TPSA) is 59.0 Å². The molecule has 6 nitrogen and oxygen atoms in total. The van der Waals surface area contributed by atoms with Gasteiger partial charge in [0.1, 0.15) is 0 Å². The van der Waals surface area contributed by atoms with Gasteiger partial charge in [0, 0.05) is 33.2 Å². The lowest BCUT2D eigenvalue weighted by atomic mass is 10.1. The van der Waals surface area contributed by atoms with Gasteiger partial charge in [-0.05, 0) is 45.5 Å². The van der Waals surface area contributed by atoms with Gasteiger partial charge < -0.3 is 25.1 Å². The largest absolute Gasteiger partial charge is 0.393 e. The summed E-state index contributed by atoms with van der Waals surface area (Å²) in [5, 5.41) is 12.6. The molecule has 1 heterocycles. The van der Waals surface area contributed by atoms with E-state index >= 15 is 0 Å². The van der Waals surface area contributed by atoms with Crippen molar-refractivity contribution in [3.63, 3.8) is 0 Å². The van der Waals surface area contributed by atoms with Crippen LogP contribution in [0.25, 0.3) is 0 Å². The molecule has 0 aliphatic carbocycles. The fourth-order valence-corrected chi connectivity index (χ4v) is 3.38. The number of hydrogen-bond acceptors (Lipinski definition) is 4. The van der Waals surface area contributed by atoms with Crippen LogP contribution in [0.1, 0.15) is 30.9 Å². The summed E-state index contributed by atoms with van der Waals surface area (Å²) in [7, 11) is 5.91. The molecule has 1 fully saturated rings. The highest BCUT2D eigenvalue weighted by Crippen LogP contribution is 2.20. The van der Waals surface area contributed by atoms with Gasteiger partial charge in [0.2, 0.25) is 0 Å². The van der Waals surface area contributed by atoms with E-state index in [1.165, 1.54) is 0 Å². The maximum atomic E-state index is 12.6. The number of carbonyl (C=O) groups is 1. The van der Waals surface area contributed by atoms with Gasteiger partial charge in [-0.3, -0.25) is 0 Å². The fourth-order valence-electron chi connectivity index (χ4n) is 3.38. The second-order valence-electron chi connectivity index (χ2n) is 7.46. The van der Waals surface area contributed by atoms with Crippen LogP contribution in [0.5, 0.6) is 0 Å². The van der Waals surface area contributed by atoms with Gasteiger partial charge in [-0.1, -0.05) is 30.3 Å². The zero-order valence-corrected chi connectivity index (χ0v) is 16.4. The summed E-state index contributed by atoms with van der Waals surface area (Å²) >= 11 is 0. The quantitative estimate of drug-likeness (QED) is 0.692. The second-order valence-corrected chi connectivity index (χ2v) is 7.46. The molecule has 6 heteroatoms. The van der Waals surface area contributed by atoms with E-state index in [2.05, 4.69) is 27.2 Å². The summed E-state index contributed by atoms with van der Waals surface area (Å²) in [6.07, 6.45) is 2.52. The molecule has 2 N–H and O–H groups in total. The van der Waals surface area contributed by atoms with Gasteiger partial charge in [-0.2, -0.15) is 0 Å². The van der Waals surface area contributed by atoms with Gasteiger partial charge in [0.15, 0.2) is 0 Å². The zero-order valence-electron chi connectivity index (χ0n) is 16.4. The molecule has 1 aliphatic heterocycles. The fraction of sp³-hybridized carbons (Fsp3) is 0.650. The molecule has 0 radical (unpaired) electrons. The van der Waals surface area contributed by atoms with Gasteiger partial charge in [0.05, 0.1) is 12.1 Å². The lowest BCUT2D eigenvalue weighted by molar-refractivity contribution is 0.0821. The van der Waals surface area contributed by atoms with Gasteiger partial charge >= 0.3 is 6.03 Å².